The zero-order valence-electron chi connectivity index (χ0n) is 11.5. The molecule has 0 aliphatic heterocycles. The third kappa shape index (κ3) is 2.77. The molecule has 0 spiro atoms. The molecule has 0 radical (unpaired) electrons. The van der Waals surface area contributed by atoms with Crippen LogP contribution in [0.1, 0.15) is 16.2 Å². The van der Waals surface area contributed by atoms with Gasteiger partial charge in [-0.15, -0.1) is 0 Å². The first kappa shape index (κ1) is 14.3. The maximum atomic E-state index is 11.5. The summed E-state index contributed by atoms with van der Waals surface area (Å²) in [7, 11) is 2.72. The summed E-state index contributed by atoms with van der Waals surface area (Å²) < 4.78 is 9.56. The van der Waals surface area contributed by atoms with Crippen LogP contribution in [0.2, 0.25) is 0 Å². The van der Waals surface area contributed by atoms with Gasteiger partial charge >= 0.3 is 5.97 Å². The van der Waals surface area contributed by atoms with Crippen LogP contribution in [0.4, 0.5) is 0 Å². The number of benzene rings is 1. The molecule has 1 N–H and O–H groups in total. The number of nitrogens with zero attached hydrogens (tertiary/aromatic N) is 2. The van der Waals surface area contributed by atoms with E-state index in [9.17, 15) is 15.2 Å². The van der Waals surface area contributed by atoms with E-state index in [0.717, 1.165) is 0 Å². The molecule has 0 aliphatic carbocycles. The molecule has 0 atom stereocenters. The van der Waals surface area contributed by atoms with Crippen molar-refractivity contribution in [2.75, 3.05) is 14.2 Å². The van der Waals surface area contributed by atoms with Gasteiger partial charge in [0.25, 0.3) is 0 Å². The van der Waals surface area contributed by atoms with Gasteiger partial charge in [-0.05, 0) is 23.8 Å². The number of methoxy groups -OCH3 is 2. The molecule has 0 fully saturated rings. The molecule has 0 saturated carbocycles. The Hall–Kier alpha value is -3.07. The van der Waals surface area contributed by atoms with Crippen LogP contribution in [0.25, 0.3) is 11.1 Å². The van der Waals surface area contributed by atoms with Gasteiger partial charge in [-0.25, -0.2) is 9.78 Å². The Bertz CT molecular complexity index is 718. The van der Waals surface area contributed by atoms with Gasteiger partial charge in [0.05, 0.1) is 14.2 Å². The number of pyridine rings is 1. The maximum absolute atomic E-state index is 11.5. The average molecular weight is 284 g/mol. The molecule has 0 saturated heterocycles. The number of aromatic hydroxyl groups is 1. The highest BCUT2D eigenvalue weighted by Crippen LogP contribution is 2.29. The third-order valence-corrected chi connectivity index (χ3v) is 2.89. The van der Waals surface area contributed by atoms with Crippen LogP contribution in [-0.2, 0) is 4.74 Å². The van der Waals surface area contributed by atoms with Crippen LogP contribution < -0.4 is 4.74 Å². The quantitative estimate of drug-likeness (QED) is 0.868. The van der Waals surface area contributed by atoms with Crippen molar-refractivity contribution in [2.24, 2.45) is 0 Å². The van der Waals surface area contributed by atoms with Crippen molar-refractivity contribution < 1.29 is 19.4 Å². The first-order chi connectivity index (χ1) is 10.1. The number of ether oxygens (including phenoxy) is 2. The van der Waals surface area contributed by atoms with E-state index in [-0.39, 0.29) is 17.1 Å². The second-order valence-electron chi connectivity index (χ2n) is 4.08. The van der Waals surface area contributed by atoms with Crippen LogP contribution in [0.5, 0.6) is 11.5 Å². The Kier molecular flexibility index (Phi) is 4.05. The Morgan fingerprint density at radius 2 is 1.95 bits per heavy atom. The summed E-state index contributed by atoms with van der Waals surface area (Å²) in [6, 6.07) is 10.1. The smallest absolute Gasteiger partial charge is 0.360 e. The lowest BCUT2D eigenvalue weighted by molar-refractivity contribution is 0.0590. The minimum Gasteiger partial charge on any atom is -0.505 e. The summed E-state index contributed by atoms with van der Waals surface area (Å²) in [4.78, 5) is 15.3. The van der Waals surface area contributed by atoms with Crippen LogP contribution in [0.15, 0.2) is 30.3 Å². The fourth-order valence-corrected chi connectivity index (χ4v) is 1.83. The highest BCUT2D eigenvalue weighted by atomic mass is 16.5. The van der Waals surface area contributed by atoms with Crippen molar-refractivity contribution in [3.8, 4) is 28.7 Å². The van der Waals surface area contributed by atoms with E-state index >= 15 is 0 Å². The zero-order valence-corrected chi connectivity index (χ0v) is 11.5. The van der Waals surface area contributed by atoms with E-state index in [1.807, 2.05) is 6.07 Å². The van der Waals surface area contributed by atoms with Crippen molar-refractivity contribution in [3.05, 3.63) is 41.7 Å². The van der Waals surface area contributed by atoms with E-state index in [2.05, 4.69) is 9.72 Å². The summed E-state index contributed by atoms with van der Waals surface area (Å²) in [5.74, 6) is -0.474. The number of carbonyl (C=O) groups excluding carboxylic acids is 1. The highest BCUT2D eigenvalue weighted by Gasteiger charge is 2.18. The lowest BCUT2D eigenvalue weighted by atomic mass is 10.0. The summed E-state index contributed by atoms with van der Waals surface area (Å²) in [5.41, 5.74) is 0.835. The molecule has 6 nitrogen and oxygen atoms in total. The Labute approximate surface area is 121 Å². The van der Waals surface area contributed by atoms with E-state index in [1.165, 1.54) is 13.2 Å². The maximum Gasteiger partial charge on any atom is 0.360 e. The van der Waals surface area contributed by atoms with E-state index in [1.54, 1.807) is 31.4 Å². The Balaban J connectivity index is 2.56. The normalized spacial score (nSPS) is 9.76. The second-order valence-corrected chi connectivity index (χ2v) is 4.08. The van der Waals surface area contributed by atoms with E-state index in [0.29, 0.717) is 16.9 Å². The predicted molar refractivity (Wildman–Crippen MR) is 73.9 cm³/mol. The second kappa shape index (κ2) is 5.92. The molecular weight excluding hydrogens is 272 g/mol. The third-order valence-electron chi connectivity index (χ3n) is 2.89. The van der Waals surface area contributed by atoms with Crippen LogP contribution in [0, 0.1) is 11.3 Å². The number of rotatable bonds is 3. The average Bonchev–Trinajstić information content (AvgIpc) is 2.54. The van der Waals surface area contributed by atoms with E-state index < -0.39 is 5.97 Å². The van der Waals surface area contributed by atoms with Crippen LogP contribution >= 0.6 is 0 Å². The molecule has 2 aromatic rings. The predicted octanol–water partition coefficient (Wildman–Crippen LogP) is 2.12. The van der Waals surface area contributed by atoms with E-state index in [4.69, 9.17) is 4.74 Å². The monoisotopic (exact) mass is 284 g/mol. The fourth-order valence-electron chi connectivity index (χ4n) is 1.83. The topological polar surface area (TPSA) is 92.4 Å². The molecule has 0 bridgehead atoms. The molecule has 1 heterocycles. The molecule has 0 unspecified atom stereocenters. The molecule has 0 aliphatic rings. The molecule has 1 aromatic carbocycles. The molecule has 0 amide bonds. The summed E-state index contributed by atoms with van der Waals surface area (Å²) >= 11 is 0. The summed E-state index contributed by atoms with van der Waals surface area (Å²) in [5, 5.41) is 19.1. The number of nitriles is 1. The van der Waals surface area contributed by atoms with Gasteiger partial charge in [0.15, 0.2) is 5.69 Å². The van der Waals surface area contributed by atoms with Gasteiger partial charge in [-0.1, -0.05) is 12.1 Å². The highest BCUT2D eigenvalue weighted by molar-refractivity contribution is 5.91. The van der Waals surface area contributed by atoms with Crippen molar-refractivity contribution in [1.82, 2.24) is 4.98 Å². The zero-order chi connectivity index (χ0) is 15.4. The van der Waals surface area contributed by atoms with Gasteiger partial charge in [-0.3, -0.25) is 0 Å². The number of aromatic nitrogens is 1. The summed E-state index contributed by atoms with van der Waals surface area (Å²) in [6.45, 7) is 0. The number of hydrogen-bond acceptors (Lipinski definition) is 6. The van der Waals surface area contributed by atoms with Crippen LogP contribution in [-0.4, -0.2) is 30.3 Å². The SMILES string of the molecule is COC(=O)c1nc(C#N)c(-c2ccc(OC)cc2)cc1O. The first-order valence-corrected chi connectivity index (χ1v) is 5.97. The molecule has 2 rings (SSSR count). The lowest BCUT2D eigenvalue weighted by Crippen LogP contribution is -2.06. The van der Waals surface area contributed by atoms with Gasteiger partial charge < -0.3 is 14.6 Å². The largest absolute Gasteiger partial charge is 0.505 e. The van der Waals surface area contributed by atoms with Gasteiger partial charge in [0.2, 0.25) is 0 Å². The van der Waals surface area contributed by atoms with Gasteiger partial charge in [0, 0.05) is 5.56 Å². The lowest BCUT2D eigenvalue weighted by Gasteiger charge is -2.08. The minimum absolute atomic E-state index is 0.0263. The molecule has 1 aromatic heterocycles. The van der Waals surface area contributed by atoms with Gasteiger partial charge in [0.1, 0.15) is 23.3 Å². The standard InChI is InChI=1S/C15H12N2O4/c1-20-10-5-3-9(4-6-10)11-7-13(18)14(15(19)21-2)17-12(11)8-16/h3-7,18H,1-2H3. The molecule has 6 heteroatoms. The number of carbonyl (C=O) groups is 1. The first-order valence-electron chi connectivity index (χ1n) is 5.97. The Morgan fingerprint density at radius 1 is 1.29 bits per heavy atom. The molecule has 106 valence electrons. The van der Waals surface area contributed by atoms with Crippen molar-refractivity contribution in [1.29, 1.82) is 5.26 Å². The molecular formula is C15H12N2O4. The van der Waals surface area contributed by atoms with Gasteiger partial charge in [-0.2, -0.15) is 5.26 Å². The fraction of sp³-hybridized carbons (Fsp3) is 0.133. The van der Waals surface area contributed by atoms with Crippen molar-refractivity contribution >= 4 is 5.97 Å². The van der Waals surface area contributed by atoms with Crippen molar-refractivity contribution in [2.45, 2.75) is 0 Å². The van der Waals surface area contributed by atoms with Crippen LogP contribution in [0.3, 0.4) is 0 Å². The number of hydrogen-bond donors (Lipinski definition) is 1. The van der Waals surface area contributed by atoms with Crippen molar-refractivity contribution in [3.63, 3.8) is 0 Å². The number of esters is 1. The summed E-state index contributed by atoms with van der Waals surface area (Å²) in [6.07, 6.45) is 0. The Morgan fingerprint density at radius 3 is 2.48 bits per heavy atom. The minimum atomic E-state index is -0.801. The molecule has 21 heavy (non-hydrogen) atoms.